The smallest absolute Gasteiger partial charge is 0.325 e. The quantitative estimate of drug-likeness (QED) is 0.636. The second kappa shape index (κ2) is 10.4. The van der Waals surface area contributed by atoms with Gasteiger partial charge >= 0.3 is 17.6 Å². The first-order chi connectivity index (χ1) is 11.0. The predicted octanol–water partition coefficient (Wildman–Crippen LogP) is 2.22. The Balaban J connectivity index is 0. The summed E-state index contributed by atoms with van der Waals surface area (Å²) in [6.07, 6.45) is 1.20. The van der Waals surface area contributed by atoms with E-state index in [0.717, 1.165) is 0 Å². The van der Waals surface area contributed by atoms with Crippen LogP contribution in [0.25, 0.3) is 0 Å². The van der Waals surface area contributed by atoms with Gasteiger partial charge in [0.15, 0.2) is 0 Å². The minimum absolute atomic E-state index is 0.0775. The van der Waals surface area contributed by atoms with E-state index in [-0.39, 0.29) is 23.7 Å². The number of aromatic nitrogens is 2. The number of carboxylic acid groups (broad SMARTS) is 2. The van der Waals surface area contributed by atoms with Crippen LogP contribution in [0.5, 0.6) is 0 Å². The zero-order valence-electron chi connectivity index (χ0n) is 15.4. The van der Waals surface area contributed by atoms with Crippen LogP contribution in [-0.4, -0.2) is 32.1 Å². The van der Waals surface area contributed by atoms with E-state index in [1.54, 1.807) is 4.98 Å². The molecule has 0 saturated carbocycles. The van der Waals surface area contributed by atoms with Crippen molar-refractivity contribution in [2.45, 2.75) is 54.4 Å². The zero-order chi connectivity index (χ0) is 20.4. The summed E-state index contributed by atoms with van der Waals surface area (Å²) < 4.78 is 12.0. The summed E-state index contributed by atoms with van der Waals surface area (Å²) in [4.78, 5) is 44.0. The SMILES string of the molecule is CC(C)(C)CC(=O)O.CC(C)(C)CC(=O)O.O=c1[nH]cc(F)c(=O)[nH]1. The standard InChI is InChI=1S/2C6H12O2.C4H3FN2O2/c2*1-6(2,3)4-5(7)8;5-2-1-6-4(9)7-3(2)8/h2*4H2,1-3H3,(H,7,8);1H,(H2,6,7,8,9). The number of carboxylic acids is 2. The average molecular weight is 362 g/mol. The molecule has 0 spiro atoms. The van der Waals surface area contributed by atoms with Gasteiger partial charge in [0.05, 0.1) is 12.8 Å². The van der Waals surface area contributed by atoms with Crippen molar-refractivity contribution in [2.75, 3.05) is 0 Å². The second-order valence-corrected chi connectivity index (χ2v) is 7.68. The van der Waals surface area contributed by atoms with Crippen LogP contribution in [-0.2, 0) is 9.59 Å². The number of hydrogen-bond donors (Lipinski definition) is 4. The van der Waals surface area contributed by atoms with Crippen LogP contribution in [0.3, 0.4) is 0 Å². The van der Waals surface area contributed by atoms with Crippen LogP contribution in [0, 0.1) is 16.6 Å². The van der Waals surface area contributed by atoms with Crippen molar-refractivity contribution in [2.24, 2.45) is 10.8 Å². The molecular weight excluding hydrogens is 335 g/mol. The number of carbonyl (C=O) groups is 2. The second-order valence-electron chi connectivity index (χ2n) is 7.68. The highest BCUT2D eigenvalue weighted by atomic mass is 19.1. The van der Waals surface area contributed by atoms with Crippen LogP contribution in [0.15, 0.2) is 15.8 Å². The van der Waals surface area contributed by atoms with Crippen molar-refractivity contribution in [1.82, 2.24) is 9.97 Å². The third kappa shape index (κ3) is 19.5. The van der Waals surface area contributed by atoms with Gasteiger partial charge in [0.25, 0.3) is 5.56 Å². The van der Waals surface area contributed by atoms with Gasteiger partial charge in [0, 0.05) is 6.20 Å². The largest absolute Gasteiger partial charge is 0.481 e. The van der Waals surface area contributed by atoms with Crippen LogP contribution >= 0.6 is 0 Å². The van der Waals surface area contributed by atoms with Crippen molar-refractivity contribution in [1.29, 1.82) is 0 Å². The van der Waals surface area contributed by atoms with E-state index >= 15 is 0 Å². The van der Waals surface area contributed by atoms with E-state index in [0.29, 0.717) is 6.20 Å². The molecule has 1 aromatic rings. The molecule has 144 valence electrons. The van der Waals surface area contributed by atoms with Crippen molar-refractivity contribution < 1.29 is 24.2 Å². The van der Waals surface area contributed by atoms with Gasteiger partial charge in [-0.1, -0.05) is 41.5 Å². The zero-order valence-corrected chi connectivity index (χ0v) is 15.4. The summed E-state index contributed by atoms with van der Waals surface area (Å²) >= 11 is 0. The number of aliphatic carboxylic acids is 2. The van der Waals surface area contributed by atoms with Gasteiger partial charge in [-0.05, 0) is 10.8 Å². The fraction of sp³-hybridized carbons (Fsp3) is 0.625. The van der Waals surface area contributed by atoms with Gasteiger partial charge in [-0.25, -0.2) is 4.79 Å². The molecule has 0 aliphatic heterocycles. The Labute approximate surface area is 145 Å². The first kappa shape index (κ1) is 24.8. The molecule has 1 aromatic heterocycles. The molecule has 0 unspecified atom stereocenters. The summed E-state index contributed by atoms with van der Waals surface area (Å²) in [7, 11) is 0. The van der Waals surface area contributed by atoms with Gasteiger partial charge in [-0.3, -0.25) is 19.4 Å². The average Bonchev–Trinajstić information content (AvgIpc) is 2.29. The Morgan fingerprint density at radius 1 is 0.960 bits per heavy atom. The first-order valence-electron chi connectivity index (χ1n) is 7.44. The van der Waals surface area contributed by atoms with Crippen molar-refractivity contribution >= 4 is 11.9 Å². The molecule has 0 bridgehead atoms. The lowest BCUT2D eigenvalue weighted by Gasteiger charge is -2.13. The van der Waals surface area contributed by atoms with E-state index in [1.807, 2.05) is 46.5 Å². The van der Waals surface area contributed by atoms with Crippen LogP contribution < -0.4 is 11.2 Å². The number of aromatic amines is 2. The third-order valence-electron chi connectivity index (χ3n) is 2.14. The third-order valence-corrected chi connectivity index (χ3v) is 2.14. The molecule has 25 heavy (non-hydrogen) atoms. The monoisotopic (exact) mass is 362 g/mol. The number of nitrogens with one attached hydrogen (secondary N) is 2. The minimum atomic E-state index is -1.00. The lowest BCUT2D eigenvalue weighted by atomic mass is 9.93. The molecule has 0 aliphatic carbocycles. The maximum atomic E-state index is 12.0. The van der Waals surface area contributed by atoms with E-state index in [1.165, 1.54) is 0 Å². The molecule has 0 saturated heterocycles. The maximum absolute atomic E-state index is 12.0. The minimum Gasteiger partial charge on any atom is -0.481 e. The first-order valence-corrected chi connectivity index (χ1v) is 7.44. The molecule has 0 amide bonds. The molecule has 9 heteroatoms. The van der Waals surface area contributed by atoms with Gasteiger partial charge in [-0.15, -0.1) is 0 Å². The van der Waals surface area contributed by atoms with Crippen molar-refractivity contribution in [3.05, 3.63) is 32.9 Å². The van der Waals surface area contributed by atoms with Crippen molar-refractivity contribution in [3.8, 4) is 0 Å². The normalized spacial score (nSPS) is 10.7. The van der Waals surface area contributed by atoms with Gasteiger partial charge < -0.3 is 15.2 Å². The number of hydrogen-bond acceptors (Lipinski definition) is 4. The summed E-state index contributed by atoms with van der Waals surface area (Å²) in [6, 6.07) is 0. The molecule has 0 fully saturated rings. The molecule has 0 aromatic carbocycles. The van der Waals surface area contributed by atoms with Crippen LogP contribution in [0.2, 0.25) is 0 Å². The summed E-state index contributed by atoms with van der Waals surface area (Å²) in [5.74, 6) is -2.44. The Bertz CT molecular complexity index is 639. The van der Waals surface area contributed by atoms with E-state index < -0.39 is 29.0 Å². The Hall–Kier alpha value is -2.45. The molecule has 8 nitrogen and oxygen atoms in total. The van der Waals surface area contributed by atoms with Crippen LogP contribution in [0.4, 0.5) is 4.39 Å². The fourth-order valence-electron chi connectivity index (χ4n) is 1.30. The molecule has 1 heterocycles. The van der Waals surface area contributed by atoms with Gasteiger partial charge in [0.1, 0.15) is 0 Å². The lowest BCUT2D eigenvalue weighted by molar-refractivity contribution is -0.140. The fourth-order valence-corrected chi connectivity index (χ4v) is 1.30. The van der Waals surface area contributed by atoms with Crippen LogP contribution in [0.1, 0.15) is 54.4 Å². The van der Waals surface area contributed by atoms with Gasteiger partial charge in [0.2, 0.25) is 5.82 Å². The number of H-pyrrole nitrogens is 2. The van der Waals surface area contributed by atoms with E-state index in [9.17, 15) is 23.6 Å². The summed E-state index contributed by atoms with van der Waals surface area (Å²) in [5.41, 5.74) is -1.86. The summed E-state index contributed by atoms with van der Waals surface area (Å²) in [6.45, 7) is 11.4. The molecule has 0 atom stereocenters. The summed E-state index contributed by atoms with van der Waals surface area (Å²) in [5, 5.41) is 16.5. The highest BCUT2D eigenvalue weighted by Gasteiger charge is 2.14. The Morgan fingerprint density at radius 3 is 1.48 bits per heavy atom. The highest BCUT2D eigenvalue weighted by molar-refractivity contribution is 5.67. The van der Waals surface area contributed by atoms with Crippen molar-refractivity contribution in [3.63, 3.8) is 0 Å². The number of rotatable bonds is 2. The number of halogens is 1. The highest BCUT2D eigenvalue weighted by Crippen LogP contribution is 2.17. The van der Waals surface area contributed by atoms with E-state index in [2.05, 4.69) is 0 Å². The molecule has 1 rings (SSSR count). The predicted molar refractivity (Wildman–Crippen MR) is 91.1 cm³/mol. The topological polar surface area (TPSA) is 140 Å². The van der Waals surface area contributed by atoms with Gasteiger partial charge in [-0.2, -0.15) is 4.39 Å². The van der Waals surface area contributed by atoms with E-state index in [4.69, 9.17) is 10.2 Å². The maximum Gasteiger partial charge on any atom is 0.325 e. The molecule has 4 N–H and O–H groups in total. The molecular formula is C16H27FN2O6. The Kier molecular flexibility index (Phi) is 10.3. The molecule has 0 radical (unpaired) electrons. The Morgan fingerprint density at radius 2 is 1.32 bits per heavy atom. The molecule has 0 aliphatic rings. The lowest BCUT2D eigenvalue weighted by Crippen LogP contribution is -2.23.